The first kappa shape index (κ1) is 16.3. The van der Waals surface area contributed by atoms with Gasteiger partial charge in [0.1, 0.15) is 10.6 Å². The lowest BCUT2D eigenvalue weighted by molar-refractivity contribution is 0.0967. The van der Waals surface area contributed by atoms with Gasteiger partial charge in [0.25, 0.3) is 15.9 Å². The van der Waals surface area contributed by atoms with Gasteiger partial charge in [0.05, 0.1) is 17.7 Å². The van der Waals surface area contributed by atoms with E-state index in [-0.39, 0.29) is 10.8 Å². The Morgan fingerprint density at radius 2 is 1.86 bits per heavy atom. The van der Waals surface area contributed by atoms with Gasteiger partial charge in [-0.1, -0.05) is 0 Å². The van der Waals surface area contributed by atoms with Crippen LogP contribution in [-0.2, 0) is 10.0 Å². The number of rotatable bonds is 5. The van der Waals surface area contributed by atoms with Gasteiger partial charge >= 0.3 is 0 Å². The van der Waals surface area contributed by atoms with E-state index in [2.05, 4.69) is 5.32 Å². The summed E-state index contributed by atoms with van der Waals surface area (Å²) in [5.74, 6) is 0.255. The second-order valence-electron chi connectivity index (χ2n) is 4.36. The zero-order chi connectivity index (χ0) is 16.3. The van der Waals surface area contributed by atoms with Crippen LogP contribution in [0.3, 0.4) is 0 Å². The number of benzene rings is 1. The Hall–Kier alpha value is -2.06. The SMILES string of the molecule is CNC(=O)c1sccc1N(C)S(=O)(=O)c1ccc(OC)cc1. The van der Waals surface area contributed by atoms with Gasteiger partial charge in [-0.15, -0.1) is 11.3 Å². The van der Waals surface area contributed by atoms with Crippen molar-refractivity contribution in [2.24, 2.45) is 0 Å². The van der Waals surface area contributed by atoms with Crippen LogP contribution in [0.4, 0.5) is 5.69 Å². The number of hydrogen-bond donors (Lipinski definition) is 1. The van der Waals surface area contributed by atoms with Crippen molar-refractivity contribution < 1.29 is 17.9 Å². The minimum atomic E-state index is -3.75. The maximum Gasteiger partial charge on any atom is 0.264 e. The van der Waals surface area contributed by atoms with Crippen LogP contribution < -0.4 is 14.4 Å². The molecule has 0 aliphatic rings. The molecule has 0 unspecified atom stereocenters. The van der Waals surface area contributed by atoms with E-state index in [0.717, 1.165) is 4.31 Å². The highest BCUT2D eigenvalue weighted by Gasteiger charge is 2.25. The molecule has 0 saturated heterocycles. The molecule has 0 aliphatic carbocycles. The number of anilines is 1. The summed E-state index contributed by atoms with van der Waals surface area (Å²) >= 11 is 1.19. The first-order valence-electron chi connectivity index (χ1n) is 6.34. The number of hydrogen-bond acceptors (Lipinski definition) is 5. The van der Waals surface area contributed by atoms with Crippen molar-refractivity contribution in [1.29, 1.82) is 0 Å². The van der Waals surface area contributed by atoms with Crippen LogP contribution in [-0.4, -0.2) is 35.5 Å². The van der Waals surface area contributed by atoms with Crippen LogP contribution in [0.1, 0.15) is 9.67 Å². The van der Waals surface area contributed by atoms with E-state index >= 15 is 0 Å². The number of thiophene rings is 1. The maximum atomic E-state index is 12.7. The fraction of sp³-hybridized carbons (Fsp3) is 0.214. The average Bonchev–Trinajstić information content (AvgIpc) is 3.02. The monoisotopic (exact) mass is 340 g/mol. The molecule has 0 radical (unpaired) electrons. The minimum absolute atomic E-state index is 0.129. The van der Waals surface area contributed by atoms with Crippen LogP contribution in [0, 0.1) is 0 Å². The summed E-state index contributed by atoms with van der Waals surface area (Å²) in [6, 6.07) is 7.70. The van der Waals surface area contributed by atoms with Crippen molar-refractivity contribution in [3.8, 4) is 5.75 Å². The number of nitrogens with zero attached hydrogens (tertiary/aromatic N) is 1. The zero-order valence-electron chi connectivity index (χ0n) is 12.4. The Labute approximate surface area is 133 Å². The zero-order valence-corrected chi connectivity index (χ0v) is 14.0. The van der Waals surface area contributed by atoms with Gasteiger partial charge in [0.15, 0.2) is 0 Å². The van der Waals surface area contributed by atoms with E-state index in [1.807, 2.05) is 0 Å². The van der Waals surface area contributed by atoms with Gasteiger partial charge in [-0.25, -0.2) is 8.42 Å². The third kappa shape index (κ3) is 2.93. The normalized spacial score (nSPS) is 11.0. The Kier molecular flexibility index (Phi) is 4.72. The van der Waals surface area contributed by atoms with Gasteiger partial charge in [0, 0.05) is 14.1 Å². The van der Waals surface area contributed by atoms with Crippen molar-refractivity contribution in [1.82, 2.24) is 5.32 Å². The standard InChI is InChI=1S/C14H16N2O4S2/c1-15-14(17)13-12(8-9-21-13)16(2)22(18,19)11-6-4-10(20-3)5-7-11/h4-9H,1-3H3,(H,15,17). The smallest absolute Gasteiger partial charge is 0.264 e. The lowest BCUT2D eigenvalue weighted by Gasteiger charge is -2.19. The molecule has 0 saturated carbocycles. The van der Waals surface area contributed by atoms with Gasteiger partial charge in [-0.05, 0) is 35.7 Å². The number of carbonyl (C=O) groups excluding carboxylic acids is 1. The van der Waals surface area contributed by atoms with Crippen molar-refractivity contribution in [3.63, 3.8) is 0 Å². The van der Waals surface area contributed by atoms with Gasteiger partial charge in [0.2, 0.25) is 0 Å². The predicted molar refractivity (Wildman–Crippen MR) is 86.3 cm³/mol. The molecule has 0 spiro atoms. The number of methoxy groups -OCH3 is 1. The van der Waals surface area contributed by atoms with E-state index in [0.29, 0.717) is 16.3 Å². The van der Waals surface area contributed by atoms with Crippen molar-refractivity contribution >= 4 is 33.0 Å². The van der Waals surface area contributed by atoms with Crippen LogP contribution in [0.5, 0.6) is 5.75 Å². The van der Waals surface area contributed by atoms with Gasteiger partial charge in [-0.3, -0.25) is 9.10 Å². The molecule has 0 fully saturated rings. The topological polar surface area (TPSA) is 75.7 Å². The van der Waals surface area contributed by atoms with Crippen LogP contribution in [0.15, 0.2) is 40.6 Å². The molecule has 0 atom stereocenters. The van der Waals surface area contributed by atoms with Crippen molar-refractivity contribution in [2.75, 3.05) is 25.5 Å². The molecular formula is C14H16N2O4S2. The largest absolute Gasteiger partial charge is 0.497 e. The minimum Gasteiger partial charge on any atom is -0.497 e. The molecule has 1 aromatic heterocycles. The molecule has 1 heterocycles. The quantitative estimate of drug-likeness (QED) is 0.902. The summed E-state index contributed by atoms with van der Waals surface area (Å²) < 4.78 is 31.4. The summed E-state index contributed by atoms with van der Waals surface area (Å²) in [5, 5.41) is 4.18. The summed E-state index contributed by atoms with van der Waals surface area (Å²) in [6.45, 7) is 0. The van der Waals surface area contributed by atoms with Gasteiger partial charge in [-0.2, -0.15) is 0 Å². The van der Waals surface area contributed by atoms with E-state index in [9.17, 15) is 13.2 Å². The molecule has 118 valence electrons. The number of ether oxygens (including phenoxy) is 1. The molecule has 0 bridgehead atoms. The molecule has 6 nitrogen and oxygen atoms in total. The average molecular weight is 340 g/mol. The highest BCUT2D eigenvalue weighted by molar-refractivity contribution is 7.92. The summed E-state index contributed by atoms with van der Waals surface area (Å²) in [4.78, 5) is 12.3. The van der Waals surface area contributed by atoms with Crippen LogP contribution in [0.25, 0.3) is 0 Å². The number of nitrogens with one attached hydrogen (secondary N) is 1. The highest BCUT2D eigenvalue weighted by Crippen LogP contribution is 2.30. The van der Waals surface area contributed by atoms with E-state index in [4.69, 9.17) is 4.74 Å². The first-order valence-corrected chi connectivity index (χ1v) is 8.66. The molecular weight excluding hydrogens is 324 g/mol. The Morgan fingerprint density at radius 1 is 1.23 bits per heavy atom. The fourth-order valence-corrected chi connectivity index (χ4v) is 4.00. The third-order valence-electron chi connectivity index (χ3n) is 3.13. The van der Waals surface area contributed by atoms with Gasteiger partial charge < -0.3 is 10.1 Å². The Morgan fingerprint density at radius 3 is 2.41 bits per heavy atom. The molecule has 8 heteroatoms. The second kappa shape index (κ2) is 6.37. The fourth-order valence-electron chi connectivity index (χ4n) is 1.87. The number of amides is 1. The molecule has 2 rings (SSSR count). The van der Waals surface area contributed by atoms with Crippen LogP contribution in [0.2, 0.25) is 0 Å². The Bertz CT molecular complexity index is 766. The summed E-state index contributed by atoms with van der Waals surface area (Å²) in [7, 11) is 0.692. The third-order valence-corrected chi connectivity index (χ3v) is 5.82. The maximum absolute atomic E-state index is 12.7. The molecule has 1 aromatic carbocycles. The van der Waals surface area contributed by atoms with Crippen molar-refractivity contribution in [2.45, 2.75) is 4.90 Å². The molecule has 0 aliphatic heterocycles. The molecule has 22 heavy (non-hydrogen) atoms. The second-order valence-corrected chi connectivity index (χ2v) is 7.25. The van der Waals surface area contributed by atoms with Crippen molar-refractivity contribution in [3.05, 3.63) is 40.6 Å². The molecule has 1 amide bonds. The lowest BCUT2D eigenvalue weighted by Crippen LogP contribution is -2.28. The summed E-state index contributed by atoms with van der Waals surface area (Å²) in [6.07, 6.45) is 0. The predicted octanol–water partition coefficient (Wildman–Crippen LogP) is 1.94. The molecule has 2 aromatic rings. The van der Waals surface area contributed by atoms with E-state index < -0.39 is 10.0 Å². The van der Waals surface area contributed by atoms with E-state index in [1.54, 1.807) is 23.6 Å². The summed E-state index contributed by atoms with van der Waals surface area (Å²) in [5.41, 5.74) is 0.347. The highest BCUT2D eigenvalue weighted by atomic mass is 32.2. The van der Waals surface area contributed by atoms with E-state index in [1.165, 1.54) is 44.7 Å². The number of carbonyl (C=O) groups is 1. The van der Waals surface area contributed by atoms with Crippen LogP contribution >= 0.6 is 11.3 Å². The first-order chi connectivity index (χ1) is 10.4. The number of sulfonamides is 1. The molecule has 1 N–H and O–H groups in total. The Balaban J connectivity index is 2.40. The lowest BCUT2D eigenvalue weighted by atomic mass is 10.3.